The highest BCUT2D eigenvalue weighted by atomic mass is 127. The number of rotatable bonds is 7. The standard InChI is InChI=1S/C23H37N7.HI/c1-18-8-6-7-9-19(18)17-30-12-10-21(11-13-30)27-23(24-2)25-15-22(28(3)4)20-14-26-29(5)16-20;/h6-9,14,16,21-22H,10-13,15,17H2,1-5H3,(H2,24,25,27);1H. The van der Waals surface area contributed by atoms with Crippen LogP contribution in [0.3, 0.4) is 0 Å². The second kappa shape index (κ2) is 12.4. The van der Waals surface area contributed by atoms with Crippen molar-refractivity contribution >= 4 is 29.9 Å². The van der Waals surface area contributed by atoms with E-state index in [1.165, 1.54) is 16.7 Å². The number of halogens is 1. The van der Waals surface area contributed by atoms with Crippen LogP contribution >= 0.6 is 24.0 Å². The summed E-state index contributed by atoms with van der Waals surface area (Å²) in [5.41, 5.74) is 4.02. The highest BCUT2D eigenvalue weighted by Crippen LogP contribution is 2.17. The first kappa shape index (κ1) is 25.6. The van der Waals surface area contributed by atoms with E-state index in [9.17, 15) is 0 Å². The molecule has 0 saturated carbocycles. The molecule has 7 nitrogen and oxygen atoms in total. The third-order valence-electron chi connectivity index (χ3n) is 6.00. The molecule has 2 aromatic rings. The molecule has 1 unspecified atom stereocenters. The number of guanidine groups is 1. The summed E-state index contributed by atoms with van der Waals surface area (Å²) in [6, 6.07) is 9.40. The van der Waals surface area contributed by atoms with Crippen molar-refractivity contribution in [3.8, 4) is 0 Å². The van der Waals surface area contributed by atoms with E-state index in [4.69, 9.17) is 0 Å². The maximum atomic E-state index is 4.45. The molecule has 0 amide bonds. The van der Waals surface area contributed by atoms with Gasteiger partial charge in [-0.3, -0.25) is 14.6 Å². The summed E-state index contributed by atoms with van der Waals surface area (Å²) in [5.74, 6) is 0.878. The molecule has 1 aromatic carbocycles. The van der Waals surface area contributed by atoms with Crippen LogP contribution in [0.15, 0.2) is 41.7 Å². The van der Waals surface area contributed by atoms with E-state index in [-0.39, 0.29) is 30.0 Å². The lowest BCUT2D eigenvalue weighted by Crippen LogP contribution is -2.49. The van der Waals surface area contributed by atoms with Gasteiger partial charge in [-0.25, -0.2) is 0 Å². The zero-order valence-electron chi connectivity index (χ0n) is 19.5. The molecule has 31 heavy (non-hydrogen) atoms. The van der Waals surface area contributed by atoms with Crippen LogP contribution in [0, 0.1) is 6.92 Å². The lowest BCUT2D eigenvalue weighted by molar-refractivity contribution is 0.198. The Morgan fingerprint density at radius 2 is 1.97 bits per heavy atom. The van der Waals surface area contributed by atoms with Crippen LogP contribution in [0.25, 0.3) is 0 Å². The molecular weight excluding hydrogens is 501 g/mol. The number of likely N-dealkylation sites (tertiary alicyclic amines) is 1. The topological polar surface area (TPSA) is 60.7 Å². The average Bonchev–Trinajstić information content (AvgIpc) is 3.16. The molecule has 8 heteroatoms. The van der Waals surface area contributed by atoms with Gasteiger partial charge in [0.05, 0.1) is 12.2 Å². The van der Waals surface area contributed by atoms with Gasteiger partial charge in [0.25, 0.3) is 0 Å². The highest BCUT2D eigenvalue weighted by molar-refractivity contribution is 14.0. The van der Waals surface area contributed by atoms with Crippen LogP contribution in [0.5, 0.6) is 0 Å². The van der Waals surface area contributed by atoms with Crippen molar-refractivity contribution in [2.24, 2.45) is 12.0 Å². The monoisotopic (exact) mass is 539 g/mol. The summed E-state index contributed by atoms with van der Waals surface area (Å²) in [7, 11) is 7.99. The van der Waals surface area contributed by atoms with Crippen LogP contribution in [0.4, 0.5) is 0 Å². The van der Waals surface area contributed by atoms with E-state index in [0.29, 0.717) is 6.04 Å². The van der Waals surface area contributed by atoms with E-state index in [1.807, 2.05) is 25.0 Å². The Morgan fingerprint density at radius 1 is 1.26 bits per heavy atom. The number of aryl methyl sites for hydroxylation is 2. The zero-order valence-corrected chi connectivity index (χ0v) is 21.8. The predicted molar refractivity (Wildman–Crippen MR) is 139 cm³/mol. The average molecular weight is 540 g/mol. The number of aliphatic imine (C=N–C) groups is 1. The summed E-state index contributed by atoms with van der Waals surface area (Å²) in [5, 5.41) is 11.5. The molecule has 0 aliphatic carbocycles. The van der Waals surface area contributed by atoms with Gasteiger partial charge >= 0.3 is 0 Å². The fourth-order valence-corrected chi connectivity index (χ4v) is 4.06. The minimum atomic E-state index is 0. The van der Waals surface area contributed by atoms with Gasteiger partial charge in [-0.05, 0) is 45.0 Å². The second-order valence-electron chi connectivity index (χ2n) is 8.50. The minimum absolute atomic E-state index is 0. The zero-order chi connectivity index (χ0) is 21.5. The SMILES string of the molecule is CN=C(NCC(c1cnn(C)c1)N(C)C)NC1CCN(Cc2ccccc2C)CC1.I. The molecular formula is C23H38IN7. The van der Waals surface area contributed by atoms with Gasteiger partial charge in [-0.1, -0.05) is 24.3 Å². The first-order chi connectivity index (χ1) is 14.5. The predicted octanol–water partition coefficient (Wildman–Crippen LogP) is 2.78. The van der Waals surface area contributed by atoms with Crippen molar-refractivity contribution in [3.63, 3.8) is 0 Å². The Kier molecular flexibility index (Phi) is 10.2. The van der Waals surface area contributed by atoms with E-state index < -0.39 is 0 Å². The number of hydrogen-bond acceptors (Lipinski definition) is 4. The Morgan fingerprint density at radius 3 is 2.55 bits per heavy atom. The summed E-state index contributed by atoms with van der Waals surface area (Å²) < 4.78 is 1.85. The number of nitrogens with zero attached hydrogens (tertiary/aromatic N) is 5. The highest BCUT2D eigenvalue weighted by Gasteiger charge is 2.21. The van der Waals surface area contributed by atoms with Crippen LogP contribution < -0.4 is 10.6 Å². The maximum Gasteiger partial charge on any atom is 0.191 e. The molecule has 0 radical (unpaired) electrons. The van der Waals surface area contributed by atoms with Crippen molar-refractivity contribution in [2.45, 2.75) is 38.4 Å². The molecule has 3 rings (SSSR count). The van der Waals surface area contributed by atoms with Crippen molar-refractivity contribution in [1.82, 2.24) is 30.2 Å². The van der Waals surface area contributed by atoms with Crippen molar-refractivity contribution in [2.75, 3.05) is 40.8 Å². The smallest absolute Gasteiger partial charge is 0.191 e. The van der Waals surface area contributed by atoms with Gasteiger partial charge in [0.15, 0.2) is 5.96 Å². The van der Waals surface area contributed by atoms with Gasteiger partial charge in [0, 0.05) is 58.1 Å². The molecule has 1 saturated heterocycles. The third kappa shape index (κ3) is 7.47. The molecule has 0 spiro atoms. The van der Waals surface area contributed by atoms with E-state index >= 15 is 0 Å². The van der Waals surface area contributed by atoms with Crippen molar-refractivity contribution in [3.05, 3.63) is 53.3 Å². The number of piperidine rings is 1. The van der Waals surface area contributed by atoms with Crippen LogP contribution in [0.1, 0.15) is 35.6 Å². The first-order valence-electron chi connectivity index (χ1n) is 10.8. The van der Waals surface area contributed by atoms with Crippen LogP contribution in [-0.4, -0.2) is 72.4 Å². The second-order valence-corrected chi connectivity index (χ2v) is 8.50. The largest absolute Gasteiger partial charge is 0.354 e. The summed E-state index contributed by atoms with van der Waals surface area (Å²) >= 11 is 0. The normalized spacial score (nSPS) is 16.8. The van der Waals surface area contributed by atoms with E-state index in [1.54, 1.807) is 0 Å². The van der Waals surface area contributed by atoms with Crippen LogP contribution in [-0.2, 0) is 13.6 Å². The van der Waals surface area contributed by atoms with Gasteiger partial charge < -0.3 is 15.5 Å². The summed E-state index contributed by atoms with van der Waals surface area (Å²) in [6.45, 7) is 6.25. The Hall–Kier alpha value is -1.65. The lowest BCUT2D eigenvalue weighted by atomic mass is 10.0. The first-order valence-corrected chi connectivity index (χ1v) is 10.8. The van der Waals surface area contributed by atoms with Gasteiger partial charge in [-0.15, -0.1) is 24.0 Å². The minimum Gasteiger partial charge on any atom is -0.354 e. The fraction of sp³-hybridized carbons (Fsp3) is 0.565. The van der Waals surface area contributed by atoms with E-state index in [2.05, 4.69) is 82.0 Å². The molecule has 2 heterocycles. The van der Waals surface area contributed by atoms with Crippen LogP contribution in [0.2, 0.25) is 0 Å². The molecule has 0 bridgehead atoms. The maximum absolute atomic E-state index is 4.45. The lowest BCUT2D eigenvalue weighted by Gasteiger charge is -2.33. The molecule has 1 atom stereocenters. The van der Waals surface area contributed by atoms with E-state index in [0.717, 1.165) is 45.0 Å². The molecule has 1 aliphatic heterocycles. The molecule has 1 fully saturated rings. The van der Waals surface area contributed by atoms with Gasteiger partial charge in [0.2, 0.25) is 0 Å². The third-order valence-corrected chi connectivity index (χ3v) is 6.00. The number of likely N-dealkylation sites (N-methyl/N-ethyl adjacent to an activating group) is 1. The number of benzene rings is 1. The Bertz CT molecular complexity index is 825. The van der Waals surface area contributed by atoms with Gasteiger partial charge in [0.1, 0.15) is 0 Å². The summed E-state index contributed by atoms with van der Waals surface area (Å²) in [6.07, 6.45) is 6.28. The molecule has 2 N–H and O–H groups in total. The Balaban J connectivity index is 0.00000341. The molecule has 1 aliphatic rings. The quantitative estimate of drug-likeness (QED) is 0.322. The molecule has 172 valence electrons. The Labute approximate surface area is 204 Å². The fourth-order valence-electron chi connectivity index (χ4n) is 4.06. The number of aromatic nitrogens is 2. The number of nitrogens with one attached hydrogen (secondary N) is 2. The summed E-state index contributed by atoms with van der Waals surface area (Å²) in [4.78, 5) is 9.22. The van der Waals surface area contributed by atoms with Crippen molar-refractivity contribution < 1.29 is 0 Å². The number of hydrogen-bond donors (Lipinski definition) is 2. The molecule has 1 aromatic heterocycles. The van der Waals surface area contributed by atoms with Crippen molar-refractivity contribution in [1.29, 1.82) is 0 Å². The van der Waals surface area contributed by atoms with Gasteiger partial charge in [-0.2, -0.15) is 5.10 Å².